The number of nitrogens with one attached hydrogen (secondary N) is 1. The minimum Gasteiger partial charge on any atom is -0.463 e. The molecule has 1 N–H and O–H groups in total. The Morgan fingerprint density at radius 2 is 1.97 bits per heavy atom. The fourth-order valence-electron chi connectivity index (χ4n) is 2.49. The lowest BCUT2D eigenvalue weighted by atomic mass is 10.2. The molecular weight excluding hydrogens is 418 g/mol. The Labute approximate surface area is 163 Å². The second-order valence-corrected chi connectivity index (χ2v) is 6.13. The zero-order valence-corrected chi connectivity index (χ0v) is 14.8. The van der Waals surface area contributed by atoms with Gasteiger partial charge in [0.1, 0.15) is 11.5 Å². The number of nitrogens with zero attached hydrogens (tertiary/aromatic N) is 4. The quantitative estimate of drug-likeness (QED) is 0.490. The minimum atomic E-state index is -4.80. The van der Waals surface area contributed by atoms with Crippen LogP contribution in [0.15, 0.2) is 47.1 Å². The van der Waals surface area contributed by atoms with Gasteiger partial charge in [0.15, 0.2) is 11.5 Å². The third-order valence-corrected chi connectivity index (χ3v) is 4.07. The third-order valence-electron chi connectivity index (χ3n) is 3.76. The van der Waals surface area contributed by atoms with Crippen molar-refractivity contribution in [2.24, 2.45) is 0 Å². The molecule has 0 atom stereocenters. The Kier molecular flexibility index (Phi) is 4.46. The van der Waals surface area contributed by atoms with Crippen molar-refractivity contribution in [3.05, 3.63) is 65.0 Å². The van der Waals surface area contributed by atoms with E-state index < -0.39 is 35.2 Å². The predicted octanol–water partition coefficient (Wildman–Crippen LogP) is 4.45. The van der Waals surface area contributed by atoms with Gasteiger partial charge in [-0.25, -0.2) is 9.37 Å². The van der Waals surface area contributed by atoms with Crippen molar-refractivity contribution >= 4 is 29.0 Å². The lowest BCUT2D eigenvalue weighted by Crippen LogP contribution is -2.16. The highest BCUT2D eigenvalue weighted by molar-refractivity contribution is 6.33. The van der Waals surface area contributed by atoms with Crippen LogP contribution in [0.4, 0.5) is 23.2 Å². The molecule has 0 aliphatic heterocycles. The molecule has 7 nitrogen and oxygen atoms in total. The number of rotatable bonds is 3. The molecule has 12 heteroatoms. The Morgan fingerprint density at radius 1 is 1.17 bits per heavy atom. The summed E-state index contributed by atoms with van der Waals surface area (Å²) >= 11 is 5.83. The lowest BCUT2D eigenvalue weighted by molar-refractivity contribution is -0.142. The molecule has 3 heterocycles. The number of aromatic nitrogens is 4. The van der Waals surface area contributed by atoms with E-state index in [9.17, 15) is 22.4 Å². The first-order valence-electron chi connectivity index (χ1n) is 7.87. The Morgan fingerprint density at radius 3 is 2.62 bits per heavy atom. The van der Waals surface area contributed by atoms with Crippen LogP contribution in [-0.2, 0) is 6.18 Å². The van der Waals surface area contributed by atoms with Gasteiger partial charge in [0.25, 0.3) is 11.7 Å². The average molecular weight is 426 g/mol. The number of hydrogen-bond acceptors (Lipinski definition) is 5. The van der Waals surface area contributed by atoms with E-state index in [4.69, 9.17) is 16.0 Å². The van der Waals surface area contributed by atoms with Crippen molar-refractivity contribution < 1.29 is 26.8 Å². The van der Waals surface area contributed by atoms with Crippen molar-refractivity contribution in [3.8, 4) is 11.5 Å². The normalized spacial score (nSPS) is 11.8. The summed E-state index contributed by atoms with van der Waals surface area (Å²) in [6, 6.07) is 6.87. The summed E-state index contributed by atoms with van der Waals surface area (Å²) in [5.74, 6) is -2.52. The highest BCUT2D eigenvalue weighted by Gasteiger charge is 2.36. The van der Waals surface area contributed by atoms with Crippen LogP contribution in [0.3, 0.4) is 0 Å². The van der Waals surface area contributed by atoms with E-state index >= 15 is 0 Å². The molecular formula is C17H8ClF4N5O2. The largest absolute Gasteiger partial charge is 0.463 e. The van der Waals surface area contributed by atoms with Crippen molar-refractivity contribution in [1.29, 1.82) is 0 Å². The zero-order chi connectivity index (χ0) is 20.8. The molecule has 0 aliphatic rings. The van der Waals surface area contributed by atoms with Gasteiger partial charge in [-0.05, 0) is 36.4 Å². The predicted molar refractivity (Wildman–Crippen MR) is 92.8 cm³/mol. The van der Waals surface area contributed by atoms with Gasteiger partial charge in [0.2, 0.25) is 5.82 Å². The Hall–Kier alpha value is -3.47. The van der Waals surface area contributed by atoms with Crippen molar-refractivity contribution in [2.45, 2.75) is 6.18 Å². The van der Waals surface area contributed by atoms with E-state index in [-0.39, 0.29) is 22.2 Å². The number of halogens is 5. The van der Waals surface area contributed by atoms with Gasteiger partial charge in [0, 0.05) is 0 Å². The minimum absolute atomic E-state index is 0.0391. The SMILES string of the molecule is O=C(Nc1ccc(F)cc1Cl)c1nc2nc(-c3ccco3)cc(C(F)(F)F)n2n1. The number of carbonyl (C=O) groups is 1. The number of alkyl halides is 3. The van der Waals surface area contributed by atoms with E-state index in [1.807, 2.05) is 0 Å². The fourth-order valence-corrected chi connectivity index (χ4v) is 2.70. The van der Waals surface area contributed by atoms with Crippen LogP contribution in [-0.4, -0.2) is 25.5 Å². The van der Waals surface area contributed by atoms with Crippen LogP contribution in [0.25, 0.3) is 17.2 Å². The second kappa shape index (κ2) is 6.85. The topological polar surface area (TPSA) is 85.3 Å². The molecule has 0 spiro atoms. The smallest absolute Gasteiger partial charge is 0.433 e. The van der Waals surface area contributed by atoms with E-state index in [1.54, 1.807) is 0 Å². The molecule has 4 aromatic rings. The molecule has 0 saturated heterocycles. The van der Waals surface area contributed by atoms with E-state index in [0.717, 1.165) is 18.2 Å². The van der Waals surface area contributed by atoms with E-state index in [2.05, 4.69) is 20.4 Å². The summed E-state index contributed by atoms with van der Waals surface area (Å²) in [7, 11) is 0. The first kappa shape index (κ1) is 18.9. The maximum atomic E-state index is 13.5. The van der Waals surface area contributed by atoms with Gasteiger partial charge in [-0.2, -0.15) is 22.7 Å². The van der Waals surface area contributed by atoms with Crippen LogP contribution >= 0.6 is 11.6 Å². The summed E-state index contributed by atoms with van der Waals surface area (Å²) in [6.07, 6.45) is -3.52. The summed E-state index contributed by atoms with van der Waals surface area (Å²) in [5, 5.41) is 5.82. The highest BCUT2D eigenvalue weighted by atomic mass is 35.5. The first-order valence-corrected chi connectivity index (χ1v) is 8.25. The summed E-state index contributed by atoms with van der Waals surface area (Å²) < 4.78 is 59.1. The van der Waals surface area contributed by atoms with Gasteiger partial charge >= 0.3 is 6.18 Å². The number of amides is 1. The maximum Gasteiger partial charge on any atom is 0.433 e. The van der Waals surface area contributed by atoms with Gasteiger partial charge in [0.05, 0.1) is 17.0 Å². The average Bonchev–Trinajstić information content (AvgIpc) is 3.31. The van der Waals surface area contributed by atoms with Crippen molar-refractivity contribution in [3.63, 3.8) is 0 Å². The van der Waals surface area contributed by atoms with Gasteiger partial charge in [-0.3, -0.25) is 4.79 Å². The monoisotopic (exact) mass is 425 g/mol. The standard InChI is InChI=1S/C17H8ClF4N5O2/c18-9-6-8(19)3-4-10(9)23-15(28)14-25-16-24-11(12-2-1-5-29-12)7-13(17(20,21)22)27(16)26-14/h1-7H,(H,23,28). The zero-order valence-electron chi connectivity index (χ0n) is 14.0. The molecule has 0 saturated carbocycles. The van der Waals surface area contributed by atoms with Crippen molar-refractivity contribution in [2.75, 3.05) is 5.32 Å². The van der Waals surface area contributed by atoms with Crippen molar-refractivity contribution in [1.82, 2.24) is 19.6 Å². The molecule has 0 fully saturated rings. The number of fused-ring (bicyclic) bond motifs is 1. The van der Waals surface area contributed by atoms with Crippen LogP contribution in [0.1, 0.15) is 16.3 Å². The van der Waals surface area contributed by atoms with Crippen LogP contribution in [0, 0.1) is 5.82 Å². The van der Waals surface area contributed by atoms with Crippen LogP contribution in [0.2, 0.25) is 5.02 Å². The number of carbonyl (C=O) groups excluding carboxylic acids is 1. The molecule has 0 unspecified atom stereocenters. The molecule has 1 aromatic carbocycles. The maximum absolute atomic E-state index is 13.5. The Bertz CT molecular complexity index is 1220. The molecule has 4 rings (SSSR count). The first-order chi connectivity index (χ1) is 13.7. The molecule has 1 amide bonds. The molecule has 29 heavy (non-hydrogen) atoms. The van der Waals surface area contributed by atoms with Crippen LogP contribution in [0.5, 0.6) is 0 Å². The molecule has 0 bridgehead atoms. The molecule has 3 aromatic heterocycles. The third kappa shape index (κ3) is 3.63. The Balaban J connectivity index is 1.77. The number of hydrogen-bond donors (Lipinski definition) is 1. The molecule has 0 radical (unpaired) electrons. The highest BCUT2D eigenvalue weighted by Crippen LogP contribution is 2.32. The lowest BCUT2D eigenvalue weighted by Gasteiger charge is -2.09. The summed E-state index contributed by atoms with van der Waals surface area (Å²) in [4.78, 5) is 20.1. The fraction of sp³-hybridized carbons (Fsp3) is 0.0588. The molecule has 0 aliphatic carbocycles. The van der Waals surface area contributed by atoms with Gasteiger partial charge in [-0.1, -0.05) is 11.6 Å². The van der Waals surface area contributed by atoms with Crippen LogP contribution < -0.4 is 5.32 Å². The van der Waals surface area contributed by atoms with Gasteiger partial charge in [-0.15, -0.1) is 5.10 Å². The van der Waals surface area contributed by atoms with Gasteiger partial charge < -0.3 is 9.73 Å². The molecule has 148 valence electrons. The summed E-state index contributed by atoms with van der Waals surface area (Å²) in [6.45, 7) is 0. The van der Waals surface area contributed by atoms with E-state index in [1.165, 1.54) is 24.5 Å². The second-order valence-electron chi connectivity index (χ2n) is 5.73. The number of furan rings is 1. The van der Waals surface area contributed by atoms with E-state index in [0.29, 0.717) is 4.52 Å². The number of anilines is 1. The number of benzene rings is 1. The summed E-state index contributed by atoms with van der Waals surface area (Å²) in [5.41, 5.74) is -1.28.